The van der Waals surface area contributed by atoms with Crippen molar-refractivity contribution >= 4 is 0 Å². The first-order valence-corrected chi connectivity index (χ1v) is 4.92. The molecule has 0 N–H and O–H groups in total. The van der Waals surface area contributed by atoms with Crippen molar-refractivity contribution in [3.8, 4) is 0 Å². The molecule has 0 aromatic heterocycles. The minimum atomic E-state index is 0.235. The van der Waals surface area contributed by atoms with Crippen LogP contribution in [0, 0.1) is 5.92 Å². The van der Waals surface area contributed by atoms with E-state index in [0.29, 0.717) is 12.5 Å². The van der Waals surface area contributed by atoms with Gasteiger partial charge in [-0.2, -0.15) is 0 Å². The molecule has 2 heteroatoms. The van der Waals surface area contributed by atoms with Crippen LogP contribution >= 0.6 is 0 Å². The van der Waals surface area contributed by atoms with Gasteiger partial charge in [-0.25, -0.2) is 0 Å². The zero-order valence-corrected chi connectivity index (χ0v) is 9.08. The van der Waals surface area contributed by atoms with Gasteiger partial charge in [0.15, 0.2) is 0 Å². The summed E-state index contributed by atoms with van der Waals surface area (Å²) >= 11 is 0. The predicted octanol–water partition coefficient (Wildman–Crippen LogP) is 2.64. The van der Waals surface area contributed by atoms with E-state index >= 15 is 0 Å². The van der Waals surface area contributed by atoms with Gasteiger partial charge in [0.25, 0.3) is 0 Å². The normalized spacial score (nSPS) is 15.3. The summed E-state index contributed by atoms with van der Waals surface area (Å²) in [5.74, 6) is 0.620. The lowest BCUT2D eigenvalue weighted by molar-refractivity contribution is 0.0207. The predicted molar refractivity (Wildman–Crippen MR) is 55.9 cm³/mol. The lowest BCUT2D eigenvalue weighted by Crippen LogP contribution is -2.18. The molecule has 0 aliphatic rings. The van der Waals surface area contributed by atoms with Crippen LogP contribution in [0.2, 0.25) is 0 Å². The van der Waals surface area contributed by atoms with Crippen LogP contribution in [0.1, 0.15) is 26.2 Å². The molecule has 0 aromatic rings. The van der Waals surface area contributed by atoms with Crippen molar-refractivity contribution in [3.63, 3.8) is 0 Å². The van der Waals surface area contributed by atoms with Crippen LogP contribution in [-0.4, -0.2) is 26.9 Å². The van der Waals surface area contributed by atoms with Crippen LogP contribution in [0.15, 0.2) is 12.7 Å². The largest absolute Gasteiger partial charge is 0.382 e. The topological polar surface area (TPSA) is 18.5 Å². The van der Waals surface area contributed by atoms with Gasteiger partial charge in [0.05, 0.1) is 12.7 Å². The molecule has 0 spiro atoms. The summed E-state index contributed by atoms with van der Waals surface area (Å²) in [6.07, 6.45) is 5.61. The molecule has 0 fully saturated rings. The van der Waals surface area contributed by atoms with E-state index in [1.54, 1.807) is 14.2 Å². The SMILES string of the molecule is C=CC(CC)CCC(COC)OC. The smallest absolute Gasteiger partial charge is 0.0804 e. The van der Waals surface area contributed by atoms with E-state index in [9.17, 15) is 0 Å². The molecule has 0 bridgehead atoms. The van der Waals surface area contributed by atoms with Gasteiger partial charge < -0.3 is 9.47 Å². The highest BCUT2D eigenvalue weighted by atomic mass is 16.5. The third kappa shape index (κ3) is 5.83. The first-order chi connectivity index (χ1) is 6.28. The lowest BCUT2D eigenvalue weighted by Gasteiger charge is -2.16. The van der Waals surface area contributed by atoms with Crippen LogP contribution in [0.25, 0.3) is 0 Å². The molecule has 0 aliphatic carbocycles. The fraction of sp³-hybridized carbons (Fsp3) is 0.818. The monoisotopic (exact) mass is 186 g/mol. The standard InChI is InChI=1S/C11H22O2/c1-5-10(6-2)7-8-11(13-4)9-12-3/h5,10-11H,1,6-9H2,2-4H3. The maximum absolute atomic E-state index is 5.27. The van der Waals surface area contributed by atoms with Crippen LogP contribution in [0.5, 0.6) is 0 Å². The third-order valence-electron chi connectivity index (χ3n) is 2.40. The van der Waals surface area contributed by atoms with Gasteiger partial charge in [-0.3, -0.25) is 0 Å². The fourth-order valence-corrected chi connectivity index (χ4v) is 1.34. The van der Waals surface area contributed by atoms with Gasteiger partial charge >= 0.3 is 0 Å². The summed E-state index contributed by atoms with van der Waals surface area (Å²) in [6.45, 7) is 6.68. The second kappa shape index (κ2) is 8.27. The summed E-state index contributed by atoms with van der Waals surface area (Å²) in [5.41, 5.74) is 0. The second-order valence-corrected chi connectivity index (χ2v) is 3.29. The van der Waals surface area contributed by atoms with Crippen molar-refractivity contribution in [2.24, 2.45) is 5.92 Å². The van der Waals surface area contributed by atoms with E-state index < -0.39 is 0 Å². The Morgan fingerprint density at radius 2 is 2.00 bits per heavy atom. The molecule has 0 saturated carbocycles. The molecule has 13 heavy (non-hydrogen) atoms. The van der Waals surface area contributed by atoms with Gasteiger partial charge in [0.1, 0.15) is 0 Å². The van der Waals surface area contributed by atoms with Gasteiger partial charge in [0, 0.05) is 14.2 Å². The molecular formula is C11H22O2. The van der Waals surface area contributed by atoms with E-state index in [0.717, 1.165) is 19.3 Å². The molecule has 0 aliphatic heterocycles. The highest BCUT2D eigenvalue weighted by Crippen LogP contribution is 2.14. The lowest BCUT2D eigenvalue weighted by atomic mass is 9.99. The van der Waals surface area contributed by atoms with Crippen LogP contribution in [0.4, 0.5) is 0 Å². The van der Waals surface area contributed by atoms with Crippen molar-refractivity contribution in [1.29, 1.82) is 0 Å². The molecule has 2 atom stereocenters. The minimum Gasteiger partial charge on any atom is -0.382 e. The van der Waals surface area contributed by atoms with Gasteiger partial charge in [-0.15, -0.1) is 6.58 Å². The highest BCUT2D eigenvalue weighted by Gasteiger charge is 2.09. The van der Waals surface area contributed by atoms with Gasteiger partial charge in [-0.05, 0) is 25.2 Å². The molecule has 0 amide bonds. The molecule has 0 aromatic carbocycles. The number of rotatable bonds is 8. The fourth-order valence-electron chi connectivity index (χ4n) is 1.34. The Hall–Kier alpha value is -0.340. The Balaban J connectivity index is 3.62. The zero-order chi connectivity index (χ0) is 10.1. The van der Waals surface area contributed by atoms with Crippen molar-refractivity contribution in [1.82, 2.24) is 0 Å². The van der Waals surface area contributed by atoms with Crippen LogP contribution in [-0.2, 0) is 9.47 Å². The Labute approximate surface area is 81.9 Å². The summed E-state index contributed by atoms with van der Waals surface area (Å²) in [6, 6.07) is 0. The summed E-state index contributed by atoms with van der Waals surface area (Å²) < 4.78 is 10.3. The number of ether oxygens (including phenoxy) is 2. The van der Waals surface area contributed by atoms with Crippen LogP contribution < -0.4 is 0 Å². The first kappa shape index (κ1) is 12.7. The molecule has 78 valence electrons. The Morgan fingerprint density at radius 1 is 1.31 bits per heavy atom. The molecule has 2 nitrogen and oxygen atoms in total. The molecule has 2 unspecified atom stereocenters. The Morgan fingerprint density at radius 3 is 2.38 bits per heavy atom. The van der Waals surface area contributed by atoms with E-state index in [-0.39, 0.29) is 6.10 Å². The second-order valence-electron chi connectivity index (χ2n) is 3.29. The van der Waals surface area contributed by atoms with Crippen molar-refractivity contribution in [2.45, 2.75) is 32.3 Å². The van der Waals surface area contributed by atoms with Crippen molar-refractivity contribution in [2.75, 3.05) is 20.8 Å². The average molecular weight is 186 g/mol. The van der Waals surface area contributed by atoms with E-state index in [1.165, 1.54) is 0 Å². The summed E-state index contributed by atoms with van der Waals surface area (Å²) in [7, 11) is 3.44. The Kier molecular flexibility index (Phi) is 8.05. The molecule has 0 saturated heterocycles. The summed E-state index contributed by atoms with van der Waals surface area (Å²) in [4.78, 5) is 0. The van der Waals surface area contributed by atoms with E-state index in [4.69, 9.17) is 9.47 Å². The first-order valence-electron chi connectivity index (χ1n) is 4.92. The maximum Gasteiger partial charge on any atom is 0.0804 e. The van der Waals surface area contributed by atoms with Gasteiger partial charge in [-0.1, -0.05) is 13.0 Å². The number of methoxy groups -OCH3 is 2. The number of allylic oxidation sites excluding steroid dienone is 1. The quantitative estimate of drug-likeness (QED) is 0.542. The third-order valence-corrected chi connectivity index (χ3v) is 2.40. The number of hydrogen-bond acceptors (Lipinski definition) is 2. The molecule has 0 rings (SSSR count). The molecule has 0 heterocycles. The molecule has 0 radical (unpaired) electrons. The minimum absolute atomic E-state index is 0.235. The van der Waals surface area contributed by atoms with E-state index in [2.05, 4.69) is 13.5 Å². The Bertz CT molecular complexity index is 123. The highest BCUT2D eigenvalue weighted by molar-refractivity contribution is 4.78. The summed E-state index contributed by atoms with van der Waals surface area (Å²) in [5, 5.41) is 0. The van der Waals surface area contributed by atoms with Crippen molar-refractivity contribution in [3.05, 3.63) is 12.7 Å². The zero-order valence-electron chi connectivity index (χ0n) is 9.08. The molecular weight excluding hydrogens is 164 g/mol. The van der Waals surface area contributed by atoms with Crippen LogP contribution in [0.3, 0.4) is 0 Å². The number of hydrogen-bond donors (Lipinski definition) is 0. The van der Waals surface area contributed by atoms with Crippen molar-refractivity contribution < 1.29 is 9.47 Å². The average Bonchev–Trinajstić information content (AvgIpc) is 2.17. The maximum atomic E-state index is 5.27. The van der Waals surface area contributed by atoms with Gasteiger partial charge in [0.2, 0.25) is 0 Å². The van der Waals surface area contributed by atoms with E-state index in [1.807, 2.05) is 6.08 Å².